The van der Waals surface area contributed by atoms with Gasteiger partial charge in [0.25, 0.3) is 5.56 Å². The largest absolute Gasteiger partial charge is 0.477 e. The Labute approximate surface area is 152 Å². The molecule has 1 saturated carbocycles. The van der Waals surface area contributed by atoms with Gasteiger partial charge in [-0.3, -0.25) is 4.79 Å². The molecule has 1 aliphatic rings. The van der Waals surface area contributed by atoms with Crippen molar-refractivity contribution in [2.24, 2.45) is 0 Å². The number of pyridine rings is 1. The molecule has 0 saturated heterocycles. The van der Waals surface area contributed by atoms with Crippen LogP contribution < -0.4 is 5.56 Å². The number of carbonyl (C=O) groups excluding carboxylic acids is 1. The number of ether oxygens (including phenoxy) is 2. The molecule has 8 heteroatoms. The average Bonchev–Trinajstić information content (AvgIpc) is 3.35. The molecule has 1 aromatic rings. The van der Waals surface area contributed by atoms with Crippen molar-refractivity contribution in [2.75, 3.05) is 20.3 Å². The lowest BCUT2D eigenvalue weighted by Crippen LogP contribution is -2.38. The number of rotatable bonds is 7. The Morgan fingerprint density at radius 2 is 2.00 bits per heavy atom. The minimum atomic E-state index is -1.27. The van der Waals surface area contributed by atoms with Crippen molar-refractivity contribution in [2.45, 2.75) is 51.8 Å². The van der Waals surface area contributed by atoms with Crippen LogP contribution >= 0.6 is 0 Å². The molecule has 0 atom stereocenters. The number of hydrogen-bond acceptors (Lipinski definition) is 5. The molecule has 1 aromatic heterocycles. The quantitative estimate of drug-likeness (QED) is 0.795. The average molecular weight is 366 g/mol. The summed E-state index contributed by atoms with van der Waals surface area (Å²) in [6.07, 6.45) is 2.82. The molecule has 0 bridgehead atoms. The zero-order chi connectivity index (χ0) is 19.5. The topological polar surface area (TPSA) is 98.1 Å². The molecule has 0 unspecified atom stereocenters. The van der Waals surface area contributed by atoms with Crippen molar-refractivity contribution in [3.8, 4) is 0 Å². The van der Waals surface area contributed by atoms with Gasteiger partial charge in [-0.05, 0) is 45.2 Å². The van der Waals surface area contributed by atoms with Crippen molar-refractivity contribution in [1.29, 1.82) is 0 Å². The molecule has 0 radical (unpaired) electrons. The van der Waals surface area contributed by atoms with E-state index in [9.17, 15) is 19.5 Å². The first-order valence-electron chi connectivity index (χ1n) is 8.57. The van der Waals surface area contributed by atoms with E-state index in [2.05, 4.69) is 0 Å². The summed E-state index contributed by atoms with van der Waals surface area (Å²) < 4.78 is 11.9. The van der Waals surface area contributed by atoms with Gasteiger partial charge in [-0.25, -0.2) is 9.59 Å². The molecule has 2 rings (SSSR count). The maximum Gasteiger partial charge on any atom is 0.410 e. The predicted octanol–water partition coefficient (Wildman–Crippen LogP) is 2.26. The fraction of sp³-hybridized carbons (Fsp3) is 0.611. The van der Waals surface area contributed by atoms with Gasteiger partial charge in [-0.2, -0.15) is 0 Å². The molecular weight excluding hydrogens is 340 g/mol. The smallest absolute Gasteiger partial charge is 0.410 e. The maximum absolute atomic E-state index is 12.4. The Kier molecular flexibility index (Phi) is 6.07. The summed E-state index contributed by atoms with van der Waals surface area (Å²) in [6.45, 7) is 6.05. The summed E-state index contributed by atoms with van der Waals surface area (Å²) in [7, 11) is 1.53. The molecule has 1 heterocycles. The summed E-state index contributed by atoms with van der Waals surface area (Å²) in [5, 5.41) is 9.32. The Hall–Kier alpha value is -2.35. The normalized spacial score (nSPS) is 14.2. The van der Waals surface area contributed by atoms with E-state index in [0.29, 0.717) is 12.2 Å². The highest BCUT2D eigenvalue weighted by molar-refractivity contribution is 5.87. The van der Waals surface area contributed by atoms with Gasteiger partial charge in [-0.15, -0.1) is 0 Å². The van der Waals surface area contributed by atoms with E-state index >= 15 is 0 Å². The van der Waals surface area contributed by atoms with Crippen molar-refractivity contribution >= 4 is 12.1 Å². The van der Waals surface area contributed by atoms with Gasteiger partial charge in [-0.1, -0.05) is 0 Å². The van der Waals surface area contributed by atoms with E-state index in [1.54, 1.807) is 27.0 Å². The summed E-state index contributed by atoms with van der Waals surface area (Å²) in [5.74, 6) is -1.27. The van der Waals surface area contributed by atoms with Gasteiger partial charge in [0.05, 0.1) is 13.2 Å². The van der Waals surface area contributed by atoms with E-state index in [0.717, 1.165) is 12.8 Å². The van der Waals surface area contributed by atoms with Crippen LogP contribution in [0, 0.1) is 0 Å². The van der Waals surface area contributed by atoms with E-state index in [4.69, 9.17) is 9.47 Å². The molecule has 1 amide bonds. The second kappa shape index (κ2) is 7.90. The molecule has 0 spiro atoms. The van der Waals surface area contributed by atoms with Crippen LogP contribution in [0.3, 0.4) is 0 Å². The predicted molar refractivity (Wildman–Crippen MR) is 94.5 cm³/mol. The second-order valence-electron chi connectivity index (χ2n) is 7.41. The van der Waals surface area contributed by atoms with Gasteiger partial charge in [0.2, 0.25) is 0 Å². The lowest BCUT2D eigenvalue weighted by Gasteiger charge is -2.27. The van der Waals surface area contributed by atoms with Gasteiger partial charge in [0.15, 0.2) is 0 Å². The van der Waals surface area contributed by atoms with Crippen LogP contribution in [0.5, 0.6) is 0 Å². The summed E-state index contributed by atoms with van der Waals surface area (Å²) in [5.41, 5.74) is -0.882. The SMILES string of the molecule is COCCN(Cc1cc(C(=O)O)c(=O)n(C2CC2)c1)C(=O)OC(C)(C)C. The summed E-state index contributed by atoms with van der Waals surface area (Å²) in [6, 6.07) is 1.36. The third-order valence-corrected chi connectivity index (χ3v) is 3.86. The van der Waals surface area contributed by atoms with E-state index in [-0.39, 0.29) is 24.7 Å². The third kappa shape index (κ3) is 5.32. The molecule has 1 N–H and O–H groups in total. The number of hydrogen-bond donors (Lipinski definition) is 1. The monoisotopic (exact) mass is 366 g/mol. The zero-order valence-corrected chi connectivity index (χ0v) is 15.7. The lowest BCUT2D eigenvalue weighted by molar-refractivity contribution is 0.0183. The van der Waals surface area contributed by atoms with Crippen LogP contribution in [0.2, 0.25) is 0 Å². The fourth-order valence-electron chi connectivity index (χ4n) is 2.51. The molecule has 1 aliphatic carbocycles. The van der Waals surface area contributed by atoms with E-state index in [1.807, 2.05) is 0 Å². The van der Waals surface area contributed by atoms with Crippen LogP contribution in [0.15, 0.2) is 17.1 Å². The molecular formula is C18H26N2O6. The molecule has 144 valence electrons. The van der Waals surface area contributed by atoms with Crippen LogP contribution in [0.4, 0.5) is 4.79 Å². The van der Waals surface area contributed by atoms with E-state index in [1.165, 1.54) is 22.6 Å². The Bertz CT molecular complexity index is 730. The second-order valence-corrected chi connectivity index (χ2v) is 7.41. The lowest BCUT2D eigenvalue weighted by atomic mass is 10.1. The first-order chi connectivity index (χ1) is 12.1. The number of methoxy groups -OCH3 is 1. The molecule has 26 heavy (non-hydrogen) atoms. The summed E-state index contributed by atoms with van der Waals surface area (Å²) >= 11 is 0. The standard InChI is InChI=1S/C18H26N2O6/c1-18(2,3)26-17(24)19(7-8-25-4)10-12-9-14(16(22)23)15(21)20(11-12)13-5-6-13/h9,11,13H,5-8,10H2,1-4H3,(H,22,23). The van der Waals surface area contributed by atoms with Crippen LogP contribution in [0.25, 0.3) is 0 Å². The van der Waals surface area contributed by atoms with Crippen molar-refractivity contribution in [3.05, 3.63) is 33.7 Å². The fourth-order valence-corrected chi connectivity index (χ4v) is 2.51. The van der Waals surface area contributed by atoms with Crippen molar-refractivity contribution < 1.29 is 24.2 Å². The molecule has 0 aromatic carbocycles. The number of amides is 1. The Morgan fingerprint density at radius 1 is 1.35 bits per heavy atom. The highest BCUT2D eigenvalue weighted by Crippen LogP contribution is 2.33. The van der Waals surface area contributed by atoms with Gasteiger partial charge >= 0.3 is 12.1 Å². The van der Waals surface area contributed by atoms with Crippen LogP contribution in [-0.2, 0) is 16.0 Å². The van der Waals surface area contributed by atoms with Crippen molar-refractivity contribution in [1.82, 2.24) is 9.47 Å². The highest BCUT2D eigenvalue weighted by Gasteiger charge is 2.28. The number of nitrogens with zero attached hydrogens (tertiary/aromatic N) is 2. The first kappa shape index (κ1) is 20.0. The molecule has 0 aliphatic heterocycles. The first-order valence-corrected chi connectivity index (χ1v) is 8.57. The number of carboxylic acid groups (broad SMARTS) is 1. The van der Waals surface area contributed by atoms with Gasteiger partial charge in [0, 0.05) is 25.9 Å². The van der Waals surface area contributed by atoms with Gasteiger partial charge in [0.1, 0.15) is 11.2 Å². The van der Waals surface area contributed by atoms with Crippen molar-refractivity contribution in [3.63, 3.8) is 0 Å². The number of aromatic carboxylic acids is 1. The number of carbonyl (C=O) groups is 2. The van der Waals surface area contributed by atoms with E-state index < -0.39 is 23.2 Å². The minimum Gasteiger partial charge on any atom is -0.477 e. The third-order valence-electron chi connectivity index (χ3n) is 3.86. The van der Waals surface area contributed by atoms with Gasteiger partial charge < -0.3 is 24.0 Å². The van der Waals surface area contributed by atoms with Crippen LogP contribution in [-0.4, -0.2) is 52.5 Å². The molecule has 1 fully saturated rings. The zero-order valence-electron chi connectivity index (χ0n) is 15.7. The molecule has 8 nitrogen and oxygen atoms in total. The maximum atomic E-state index is 12.4. The Morgan fingerprint density at radius 3 is 2.50 bits per heavy atom. The highest BCUT2D eigenvalue weighted by atomic mass is 16.6. The van der Waals surface area contributed by atoms with Crippen LogP contribution in [0.1, 0.15) is 55.6 Å². The number of aromatic nitrogens is 1. The summed E-state index contributed by atoms with van der Waals surface area (Å²) in [4.78, 5) is 37.6. The minimum absolute atomic E-state index is 0.0366. The number of carboxylic acids is 1. The Balaban J connectivity index is 2.30.